The van der Waals surface area contributed by atoms with E-state index in [-0.39, 0.29) is 0 Å². The van der Waals surface area contributed by atoms with E-state index in [0.717, 1.165) is 17.9 Å². The summed E-state index contributed by atoms with van der Waals surface area (Å²) in [5.74, 6) is 0. The van der Waals surface area contributed by atoms with Crippen molar-refractivity contribution in [2.24, 2.45) is 0 Å². The van der Waals surface area contributed by atoms with Crippen LogP contribution in [0.1, 0.15) is 5.56 Å². The lowest BCUT2D eigenvalue weighted by Gasteiger charge is -2.25. The Hall–Kier alpha value is -2.20. The number of fused-ring (bicyclic) bond motifs is 1. The van der Waals surface area contributed by atoms with Crippen LogP contribution < -0.4 is 10.2 Å². The Labute approximate surface area is 82.0 Å². The SMILES string of the molecule is N#Cc1ccc2c(c1)NCCN2C#N. The number of hydrogen-bond donors (Lipinski definition) is 1. The average molecular weight is 184 g/mol. The Kier molecular flexibility index (Phi) is 1.96. The molecule has 0 aromatic heterocycles. The quantitative estimate of drug-likeness (QED) is 0.617. The maximum atomic E-state index is 8.85. The fraction of sp³-hybridized carbons (Fsp3) is 0.200. The van der Waals surface area contributed by atoms with Gasteiger partial charge in [-0.3, -0.25) is 4.90 Å². The van der Waals surface area contributed by atoms with Gasteiger partial charge < -0.3 is 5.32 Å². The van der Waals surface area contributed by atoms with E-state index in [1.165, 1.54) is 0 Å². The Bertz CT molecular complexity index is 438. The number of nitriles is 2. The largest absolute Gasteiger partial charge is 0.381 e. The van der Waals surface area contributed by atoms with E-state index in [0.29, 0.717) is 12.1 Å². The molecule has 4 heteroatoms. The molecule has 1 aliphatic heterocycles. The summed E-state index contributed by atoms with van der Waals surface area (Å²) in [6, 6.07) is 7.34. The predicted octanol–water partition coefficient (Wildman–Crippen LogP) is 1.27. The molecule has 0 fully saturated rings. The van der Waals surface area contributed by atoms with E-state index in [1.54, 1.807) is 23.1 Å². The second-order valence-corrected chi connectivity index (χ2v) is 3.02. The van der Waals surface area contributed by atoms with Gasteiger partial charge in [-0.25, -0.2) is 0 Å². The standard InChI is InChI=1S/C10H8N4/c11-6-8-1-2-10-9(5-8)13-3-4-14(10)7-12/h1-2,5,13H,3-4H2. The van der Waals surface area contributed by atoms with Crippen LogP contribution >= 0.6 is 0 Å². The third-order valence-corrected chi connectivity index (χ3v) is 2.19. The van der Waals surface area contributed by atoms with E-state index < -0.39 is 0 Å². The van der Waals surface area contributed by atoms with Crippen LogP contribution in [0, 0.1) is 22.8 Å². The molecule has 1 N–H and O–H groups in total. The van der Waals surface area contributed by atoms with Crippen LogP contribution in [-0.4, -0.2) is 13.1 Å². The maximum absolute atomic E-state index is 8.85. The zero-order valence-corrected chi connectivity index (χ0v) is 7.49. The number of nitrogens with zero attached hydrogens (tertiary/aromatic N) is 3. The lowest BCUT2D eigenvalue weighted by Crippen LogP contribution is -2.29. The van der Waals surface area contributed by atoms with Gasteiger partial charge in [0.05, 0.1) is 29.6 Å². The first-order chi connectivity index (χ1) is 6.85. The van der Waals surface area contributed by atoms with Crippen molar-refractivity contribution in [1.82, 2.24) is 0 Å². The summed E-state index contributed by atoms with van der Waals surface area (Å²) < 4.78 is 0. The molecule has 68 valence electrons. The molecule has 1 aliphatic rings. The van der Waals surface area contributed by atoms with Crippen LogP contribution in [-0.2, 0) is 0 Å². The summed E-state index contributed by atoms with van der Waals surface area (Å²) in [7, 11) is 0. The van der Waals surface area contributed by atoms with Gasteiger partial charge in [0.1, 0.15) is 0 Å². The van der Waals surface area contributed by atoms with E-state index in [1.807, 2.05) is 0 Å². The van der Waals surface area contributed by atoms with E-state index in [9.17, 15) is 0 Å². The topological polar surface area (TPSA) is 62.9 Å². The van der Waals surface area contributed by atoms with Crippen LogP contribution in [0.5, 0.6) is 0 Å². The molecule has 14 heavy (non-hydrogen) atoms. The first kappa shape index (κ1) is 8.40. The maximum Gasteiger partial charge on any atom is 0.184 e. The molecule has 1 aromatic carbocycles. The molecule has 2 rings (SSSR count). The molecule has 1 aromatic rings. The number of rotatable bonds is 0. The van der Waals surface area contributed by atoms with Crippen LogP contribution in [0.3, 0.4) is 0 Å². The van der Waals surface area contributed by atoms with Crippen molar-refractivity contribution in [1.29, 1.82) is 10.5 Å². The molecule has 0 bridgehead atoms. The Morgan fingerprint density at radius 1 is 1.36 bits per heavy atom. The van der Waals surface area contributed by atoms with Crippen LogP contribution in [0.4, 0.5) is 11.4 Å². The highest BCUT2D eigenvalue weighted by molar-refractivity contribution is 5.75. The predicted molar refractivity (Wildman–Crippen MR) is 52.6 cm³/mol. The van der Waals surface area contributed by atoms with Crippen LogP contribution in [0.25, 0.3) is 0 Å². The monoisotopic (exact) mass is 184 g/mol. The summed E-state index contributed by atoms with van der Waals surface area (Å²) in [6.07, 6.45) is 2.11. The molecule has 0 radical (unpaired) electrons. The van der Waals surface area contributed by atoms with Gasteiger partial charge in [-0.2, -0.15) is 10.5 Å². The minimum Gasteiger partial charge on any atom is -0.381 e. The minimum absolute atomic E-state index is 0.607. The highest BCUT2D eigenvalue weighted by Gasteiger charge is 2.15. The molecular weight excluding hydrogens is 176 g/mol. The lowest BCUT2D eigenvalue weighted by atomic mass is 10.1. The molecule has 0 amide bonds. The summed E-state index contributed by atoms with van der Waals surface area (Å²) in [5.41, 5.74) is 2.31. The Balaban J connectivity index is 2.48. The molecule has 0 unspecified atom stereocenters. The Morgan fingerprint density at radius 2 is 2.21 bits per heavy atom. The number of nitrogens with one attached hydrogen (secondary N) is 1. The van der Waals surface area contributed by atoms with Crippen molar-refractivity contribution < 1.29 is 0 Å². The second kappa shape index (κ2) is 3.27. The summed E-state index contributed by atoms with van der Waals surface area (Å²) in [6.45, 7) is 1.41. The van der Waals surface area contributed by atoms with Crippen LogP contribution in [0.15, 0.2) is 18.2 Å². The molecule has 0 aliphatic carbocycles. The van der Waals surface area contributed by atoms with Gasteiger partial charge in [0, 0.05) is 6.54 Å². The third kappa shape index (κ3) is 1.23. The van der Waals surface area contributed by atoms with Gasteiger partial charge in [0.25, 0.3) is 0 Å². The third-order valence-electron chi connectivity index (χ3n) is 2.19. The number of benzene rings is 1. The fourth-order valence-corrected chi connectivity index (χ4v) is 1.51. The molecule has 1 heterocycles. The van der Waals surface area contributed by atoms with Gasteiger partial charge in [-0.15, -0.1) is 0 Å². The minimum atomic E-state index is 0.607. The second-order valence-electron chi connectivity index (χ2n) is 3.02. The van der Waals surface area contributed by atoms with Crippen molar-refractivity contribution >= 4 is 11.4 Å². The molecule has 0 saturated heterocycles. The van der Waals surface area contributed by atoms with Crippen molar-refractivity contribution in [3.05, 3.63) is 23.8 Å². The van der Waals surface area contributed by atoms with Crippen molar-refractivity contribution in [2.75, 3.05) is 23.3 Å². The van der Waals surface area contributed by atoms with Gasteiger partial charge in [-0.1, -0.05) is 0 Å². The zero-order valence-electron chi connectivity index (χ0n) is 7.49. The number of hydrogen-bond acceptors (Lipinski definition) is 4. The van der Waals surface area contributed by atoms with Gasteiger partial charge in [-0.05, 0) is 18.2 Å². The summed E-state index contributed by atoms with van der Waals surface area (Å²) >= 11 is 0. The highest BCUT2D eigenvalue weighted by atomic mass is 15.2. The van der Waals surface area contributed by atoms with Crippen LogP contribution in [0.2, 0.25) is 0 Å². The van der Waals surface area contributed by atoms with Crippen molar-refractivity contribution in [3.8, 4) is 12.3 Å². The van der Waals surface area contributed by atoms with E-state index >= 15 is 0 Å². The molecule has 0 atom stereocenters. The van der Waals surface area contributed by atoms with Gasteiger partial charge >= 0.3 is 0 Å². The van der Waals surface area contributed by atoms with E-state index in [2.05, 4.69) is 17.6 Å². The first-order valence-electron chi connectivity index (χ1n) is 4.30. The normalized spacial score (nSPS) is 13.4. The molecule has 0 spiro atoms. The highest BCUT2D eigenvalue weighted by Crippen LogP contribution is 2.28. The molecular formula is C10H8N4. The zero-order chi connectivity index (χ0) is 9.97. The Morgan fingerprint density at radius 3 is 2.93 bits per heavy atom. The number of anilines is 2. The smallest absolute Gasteiger partial charge is 0.184 e. The lowest BCUT2D eigenvalue weighted by molar-refractivity contribution is 0.928. The first-order valence-corrected chi connectivity index (χ1v) is 4.30. The van der Waals surface area contributed by atoms with Crippen molar-refractivity contribution in [2.45, 2.75) is 0 Å². The van der Waals surface area contributed by atoms with Gasteiger partial charge in [0.2, 0.25) is 0 Å². The van der Waals surface area contributed by atoms with Gasteiger partial charge in [0.15, 0.2) is 6.19 Å². The summed E-state index contributed by atoms with van der Waals surface area (Å²) in [4.78, 5) is 1.62. The summed E-state index contributed by atoms with van der Waals surface area (Å²) in [5, 5.41) is 20.7. The molecule has 4 nitrogen and oxygen atoms in total. The molecule has 0 saturated carbocycles. The fourth-order valence-electron chi connectivity index (χ4n) is 1.51. The van der Waals surface area contributed by atoms with Crippen molar-refractivity contribution in [3.63, 3.8) is 0 Å². The van der Waals surface area contributed by atoms with E-state index in [4.69, 9.17) is 10.5 Å². The average Bonchev–Trinajstić information content (AvgIpc) is 2.27.